The van der Waals surface area contributed by atoms with Gasteiger partial charge in [-0.15, -0.1) is 0 Å². The van der Waals surface area contributed by atoms with Gasteiger partial charge in [0.25, 0.3) is 5.91 Å². The van der Waals surface area contributed by atoms with Crippen molar-refractivity contribution in [2.24, 2.45) is 0 Å². The SMILES string of the molecule is COc1cc(/C=C/C(=O)O[C@@H](C)C(=O)Nc2cc(C)on2)ccc1OC(C)C. The number of rotatable bonds is 8. The fourth-order valence-electron chi connectivity index (χ4n) is 2.22. The standard InChI is InChI=1S/C20H24N2O6/c1-12(2)26-16-8-6-15(11-17(16)25-5)7-9-19(23)27-14(4)20(24)21-18-10-13(3)28-22-18/h6-12,14H,1-5H3,(H,21,22,24)/b9-7+/t14-/m0/s1. The van der Waals surface area contributed by atoms with E-state index in [4.69, 9.17) is 18.7 Å². The second kappa shape index (κ2) is 9.59. The molecule has 0 fully saturated rings. The first-order valence-corrected chi connectivity index (χ1v) is 8.76. The Balaban J connectivity index is 1.94. The highest BCUT2D eigenvalue weighted by Gasteiger charge is 2.18. The molecule has 1 heterocycles. The van der Waals surface area contributed by atoms with Gasteiger partial charge in [0.15, 0.2) is 23.4 Å². The molecular formula is C20H24N2O6. The molecular weight excluding hydrogens is 364 g/mol. The van der Waals surface area contributed by atoms with E-state index in [1.54, 1.807) is 44.4 Å². The smallest absolute Gasteiger partial charge is 0.331 e. The number of esters is 1. The highest BCUT2D eigenvalue weighted by atomic mass is 16.5. The molecule has 2 rings (SSSR count). The maximum Gasteiger partial charge on any atom is 0.331 e. The van der Waals surface area contributed by atoms with E-state index in [1.165, 1.54) is 13.0 Å². The number of carbonyl (C=O) groups is 2. The van der Waals surface area contributed by atoms with Gasteiger partial charge in [0.2, 0.25) is 0 Å². The van der Waals surface area contributed by atoms with Crippen LogP contribution in [0.4, 0.5) is 5.82 Å². The maximum absolute atomic E-state index is 12.0. The molecule has 0 saturated carbocycles. The molecule has 1 N–H and O–H groups in total. The molecule has 0 saturated heterocycles. The quantitative estimate of drug-likeness (QED) is 0.547. The summed E-state index contributed by atoms with van der Waals surface area (Å²) in [5.41, 5.74) is 0.722. The van der Waals surface area contributed by atoms with Crippen molar-refractivity contribution in [1.82, 2.24) is 5.16 Å². The molecule has 150 valence electrons. The summed E-state index contributed by atoms with van der Waals surface area (Å²) >= 11 is 0. The molecule has 0 radical (unpaired) electrons. The number of methoxy groups -OCH3 is 1. The van der Waals surface area contributed by atoms with Gasteiger partial charge in [0.05, 0.1) is 13.2 Å². The Morgan fingerprint density at radius 3 is 2.54 bits per heavy atom. The first-order chi connectivity index (χ1) is 13.3. The molecule has 0 aliphatic heterocycles. The van der Waals surface area contributed by atoms with E-state index < -0.39 is 18.0 Å². The third-order valence-electron chi connectivity index (χ3n) is 3.50. The third kappa shape index (κ3) is 6.15. The molecule has 0 spiro atoms. The number of ether oxygens (including phenoxy) is 3. The van der Waals surface area contributed by atoms with E-state index >= 15 is 0 Å². The lowest BCUT2D eigenvalue weighted by Crippen LogP contribution is -2.29. The molecule has 0 unspecified atom stereocenters. The maximum atomic E-state index is 12.0. The summed E-state index contributed by atoms with van der Waals surface area (Å²) in [5.74, 6) is 0.831. The van der Waals surface area contributed by atoms with Gasteiger partial charge in [0.1, 0.15) is 5.76 Å². The molecule has 0 bridgehead atoms. The summed E-state index contributed by atoms with van der Waals surface area (Å²) < 4.78 is 20.9. The van der Waals surface area contributed by atoms with Gasteiger partial charge in [-0.25, -0.2) is 4.79 Å². The van der Waals surface area contributed by atoms with Crippen molar-refractivity contribution >= 4 is 23.8 Å². The Bertz CT molecular complexity index is 856. The van der Waals surface area contributed by atoms with Gasteiger partial charge in [-0.2, -0.15) is 0 Å². The van der Waals surface area contributed by atoms with Crippen LogP contribution in [-0.4, -0.2) is 36.4 Å². The second-order valence-electron chi connectivity index (χ2n) is 6.30. The normalized spacial score (nSPS) is 12.1. The fraction of sp³-hybridized carbons (Fsp3) is 0.350. The second-order valence-corrected chi connectivity index (χ2v) is 6.30. The first kappa shape index (κ1) is 21.0. The van der Waals surface area contributed by atoms with Crippen LogP contribution >= 0.6 is 0 Å². The summed E-state index contributed by atoms with van der Waals surface area (Å²) in [7, 11) is 1.54. The topological polar surface area (TPSA) is 99.9 Å². The van der Waals surface area contributed by atoms with E-state index in [-0.39, 0.29) is 11.9 Å². The lowest BCUT2D eigenvalue weighted by Gasteiger charge is -2.13. The number of amides is 1. The first-order valence-electron chi connectivity index (χ1n) is 8.76. The molecule has 1 amide bonds. The Kier molecular flexibility index (Phi) is 7.20. The Labute approximate surface area is 163 Å². The molecule has 8 heteroatoms. The number of aromatic nitrogens is 1. The van der Waals surface area contributed by atoms with E-state index in [0.29, 0.717) is 17.3 Å². The number of aryl methyl sites for hydroxylation is 1. The number of hydrogen-bond donors (Lipinski definition) is 1. The average Bonchev–Trinajstić information content (AvgIpc) is 3.05. The fourth-order valence-corrected chi connectivity index (χ4v) is 2.22. The van der Waals surface area contributed by atoms with Crippen LogP contribution in [0.3, 0.4) is 0 Å². The van der Waals surface area contributed by atoms with Crippen LogP contribution in [0.15, 0.2) is 34.9 Å². The minimum absolute atomic E-state index is 0.0130. The van der Waals surface area contributed by atoms with Crippen LogP contribution in [0.2, 0.25) is 0 Å². The van der Waals surface area contributed by atoms with E-state index in [9.17, 15) is 9.59 Å². The van der Waals surface area contributed by atoms with Crippen molar-refractivity contribution in [2.45, 2.75) is 39.9 Å². The predicted molar refractivity (Wildman–Crippen MR) is 103 cm³/mol. The lowest BCUT2D eigenvalue weighted by atomic mass is 10.2. The Morgan fingerprint density at radius 1 is 1.18 bits per heavy atom. The summed E-state index contributed by atoms with van der Waals surface area (Å²) in [5, 5.41) is 6.15. The number of nitrogens with zero attached hydrogens (tertiary/aromatic N) is 1. The van der Waals surface area contributed by atoms with Crippen LogP contribution in [0, 0.1) is 6.92 Å². The Hall–Kier alpha value is -3.29. The van der Waals surface area contributed by atoms with Gasteiger partial charge in [-0.1, -0.05) is 11.2 Å². The van der Waals surface area contributed by atoms with Crippen LogP contribution in [-0.2, 0) is 14.3 Å². The Morgan fingerprint density at radius 2 is 1.93 bits per heavy atom. The van der Waals surface area contributed by atoms with E-state index in [2.05, 4.69) is 10.5 Å². The highest BCUT2D eigenvalue weighted by molar-refractivity contribution is 5.96. The zero-order chi connectivity index (χ0) is 20.7. The largest absolute Gasteiger partial charge is 0.493 e. The van der Waals surface area contributed by atoms with Gasteiger partial charge in [0, 0.05) is 12.1 Å². The van der Waals surface area contributed by atoms with Crippen LogP contribution in [0.25, 0.3) is 6.08 Å². The van der Waals surface area contributed by atoms with Gasteiger partial charge >= 0.3 is 5.97 Å². The van der Waals surface area contributed by atoms with Crippen molar-refractivity contribution in [3.05, 3.63) is 41.7 Å². The van der Waals surface area contributed by atoms with Crippen molar-refractivity contribution in [1.29, 1.82) is 0 Å². The highest BCUT2D eigenvalue weighted by Crippen LogP contribution is 2.29. The van der Waals surface area contributed by atoms with E-state index in [1.807, 2.05) is 13.8 Å². The average molecular weight is 388 g/mol. The monoisotopic (exact) mass is 388 g/mol. The summed E-state index contributed by atoms with van der Waals surface area (Å²) in [6.45, 7) is 7.01. The molecule has 8 nitrogen and oxygen atoms in total. The van der Waals surface area contributed by atoms with Gasteiger partial charge in [-0.3, -0.25) is 4.79 Å². The van der Waals surface area contributed by atoms with E-state index in [0.717, 1.165) is 5.56 Å². The lowest BCUT2D eigenvalue weighted by molar-refractivity contribution is -0.148. The number of nitrogens with one attached hydrogen (secondary N) is 1. The van der Waals surface area contributed by atoms with Crippen LogP contribution in [0.5, 0.6) is 11.5 Å². The molecule has 28 heavy (non-hydrogen) atoms. The molecule has 1 aromatic heterocycles. The number of carbonyl (C=O) groups excluding carboxylic acids is 2. The molecule has 1 aromatic carbocycles. The number of hydrogen-bond acceptors (Lipinski definition) is 7. The molecule has 1 atom stereocenters. The predicted octanol–water partition coefficient (Wildman–Crippen LogP) is 3.36. The summed E-state index contributed by atoms with van der Waals surface area (Å²) in [6.07, 6.45) is 1.82. The van der Waals surface area contributed by atoms with Crippen LogP contribution in [0.1, 0.15) is 32.1 Å². The van der Waals surface area contributed by atoms with Crippen LogP contribution < -0.4 is 14.8 Å². The van der Waals surface area contributed by atoms with Gasteiger partial charge < -0.3 is 24.1 Å². The molecule has 0 aliphatic carbocycles. The molecule has 2 aromatic rings. The minimum Gasteiger partial charge on any atom is -0.493 e. The minimum atomic E-state index is -0.995. The zero-order valence-electron chi connectivity index (χ0n) is 16.5. The summed E-state index contributed by atoms with van der Waals surface area (Å²) in [4.78, 5) is 24.0. The zero-order valence-corrected chi connectivity index (χ0v) is 16.5. The number of anilines is 1. The number of benzene rings is 1. The summed E-state index contributed by atoms with van der Waals surface area (Å²) in [6, 6.07) is 6.85. The van der Waals surface area contributed by atoms with Crippen molar-refractivity contribution in [3.63, 3.8) is 0 Å². The molecule has 0 aliphatic rings. The van der Waals surface area contributed by atoms with Crippen molar-refractivity contribution < 1.29 is 28.3 Å². The third-order valence-corrected chi connectivity index (χ3v) is 3.50. The van der Waals surface area contributed by atoms with Gasteiger partial charge in [-0.05, 0) is 51.5 Å². The van der Waals surface area contributed by atoms with Crippen molar-refractivity contribution in [3.8, 4) is 11.5 Å². The van der Waals surface area contributed by atoms with Crippen molar-refractivity contribution in [2.75, 3.05) is 12.4 Å².